The van der Waals surface area contributed by atoms with Gasteiger partial charge in [-0.3, -0.25) is 4.68 Å². The number of hydrogen-bond donors (Lipinski definition) is 0. The van der Waals surface area contributed by atoms with E-state index >= 15 is 0 Å². The van der Waals surface area contributed by atoms with Crippen molar-refractivity contribution in [2.75, 3.05) is 5.33 Å². The van der Waals surface area contributed by atoms with Gasteiger partial charge in [-0.1, -0.05) is 22.9 Å². The highest BCUT2D eigenvalue weighted by Gasteiger charge is 2.02. The van der Waals surface area contributed by atoms with E-state index in [9.17, 15) is 0 Å². The fourth-order valence-corrected chi connectivity index (χ4v) is 2.09. The molecule has 0 saturated carbocycles. The van der Waals surface area contributed by atoms with Gasteiger partial charge in [0.2, 0.25) is 0 Å². The van der Waals surface area contributed by atoms with Gasteiger partial charge in [-0.15, -0.1) is 0 Å². The monoisotopic (exact) mass is 244 g/mol. The van der Waals surface area contributed by atoms with Crippen molar-refractivity contribution in [2.24, 2.45) is 5.92 Å². The summed E-state index contributed by atoms with van der Waals surface area (Å²) in [4.78, 5) is 0. The van der Waals surface area contributed by atoms with E-state index in [0.717, 1.165) is 17.8 Å². The molecule has 0 radical (unpaired) electrons. The number of hydrogen-bond acceptors (Lipinski definition) is 1. The van der Waals surface area contributed by atoms with Gasteiger partial charge in [0, 0.05) is 23.8 Å². The minimum absolute atomic E-state index is 0.781. The minimum Gasteiger partial charge on any atom is -0.270 e. The lowest BCUT2D eigenvalue weighted by atomic mass is 10.1. The molecule has 0 amide bonds. The largest absolute Gasteiger partial charge is 0.270 e. The van der Waals surface area contributed by atoms with Crippen LogP contribution in [0.1, 0.15) is 25.5 Å². The fourth-order valence-electron chi connectivity index (χ4n) is 1.31. The zero-order chi connectivity index (χ0) is 9.68. The van der Waals surface area contributed by atoms with E-state index < -0.39 is 0 Å². The van der Waals surface area contributed by atoms with Crippen LogP contribution in [0.4, 0.5) is 0 Å². The summed E-state index contributed by atoms with van der Waals surface area (Å²) < 4.78 is 2.07. The maximum atomic E-state index is 4.25. The molecular weight excluding hydrogens is 228 g/mol. The van der Waals surface area contributed by atoms with Gasteiger partial charge in [0.05, 0.1) is 0 Å². The van der Waals surface area contributed by atoms with E-state index in [4.69, 9.17) is 0 Å². The number of nitrogens with zero attached hydrogens (tertiary/aromatic N) is 2. The van der Waals surface area contributed by atoms with Gasteiger partial charge in [-0.2, -0.15) is 5.10 Å². The molecule has 0 aliphatic heterocycles. The summed E-state index contributed by atoms with van der Waals surface area (Å²) in [7, 11) is 0. The lowest BCUT2D eigenvalue weighted by Crippen LogP contribution is -2.06. The zero-order valence-corrected chi connectivity index (χ0v) is 9.92. The topological polar surface area (TPSA) is 17.8 Å². The summed E-state index contributed by atoms with van der Waals surface area (Å²) in [5.74, 6) is 0.781. The number of rotatable bonds is 5. The molecule has 74 valence electrons. The molecule has 1 aromatic rings. The Morgan fingerprint density at radius 3 is 2.85 bits per heavy atom. The van der Waals surface area contributed by atoms with Crippen molar-refractivity contribution in [1.29, 1.82) is 0 Å². The van der Waals surface area contributed by atoms with Crippen molar-refractivity contribution >= 4 is 15.9 Å². The predicted octanol–water partition coefficient (Wildman–Crippen LogP) is 3.00. The maximum Gasteiger partial charge on any atom is 0.0492 e. The lowest BCUT2D eigenvalue weighted by molar-refractivity contribution is 0.447. The molecule has 1 heterocycles. The van der Waals surface area contributed by atoms with Crippen molar-refractivity contribution in [3.8, 4) is 0 Å². The molecule has 1 unspecified atom stereocenters. The van der Waals surface area contributed by atoms with Crippen LogP contribution >= 0.6 is 15.9 Å². The third-order valence-electron chi connectivity index (χ3n) is 2.36. The van der Waals surface area contributed by atoms with Crippen molar-refractivity contribution in [3.05, 3.63) is 18.0 Å². The molecule has 13 heavy (non-hydrogen) atoms. The van der Waals surface area contributed by atoms with Crippen LogP contribution in [0.3, 0.4) is 0 Å². The molecule has 0 bridgehead atoms. The SMILES string of the molecule is Cc1ccnn1CCC(C)CCBr. The first-order valence-electron chi connectivity index (χ1n) is 4.78. The number of alkyl halides is 1. The summed E-state index contributed by atoms with van der Waals surface area (Å²) in [5.41, 5.74) is 1.26. The van der Waals surface area contributed by atoms with Crippen LogP contribution in [0, 0.1) is 12.8 Å². The molecule has 1 rings (SSSR count). The van der Waals surface area contributed by atoms with Crippen LogP contribution in [0.25, 0.3) is 0 Å². The van der Waals surface area contributed by atoms with Crippen molar-refractivity contribution in [2.45, 2.75) is 33.2 Å². The molecule has 0 aromatic carbocycles. The van der Waals surface area contributed by atoms with Crippen molar-refractivity contribution < 1.29 is 0 Å². The lowest BCUT2D eigenvalue weighted by Gasteiger charge is -2.10. The molecule has 3 heteroatoms. The molecule has 0 spiro atoms. The summed E-state index contributed by atoms with van der Waals surface area (Å²) >= 11 is 3.46. The Labute approximate surface area is 88.5 Å². The zero-order valence-electron chi connectivity index (χ0n) is 8.33. The van der Waals surface area contributed by atoms with Crippen LogP contribution < -0.4 is 0 Å². The number of aryl methyl sites for hydroxylation is 2. The van der Waals surface area contributed by atoms with Gasteiger partial charge < -0.3 is 0 Å². The second kappa shape index (κ2) is 5.43. The summed E-state index contributed by atoms with van der Waals surface area (Å²) in [6.45, 7) is 5.44. The second-order valence-corrected chi connectivity index (χ2v) is 4.36. The fraction of sp³-hybridized carbons (Fsp3) is 0.700. The summed E-state index contributed by atoms with van der Waals surface area (Å²) in [6, 6.07) is 2.05. The molecule has 2 nitrogen and oxygen atoms in total. The molecule has 0 aliphatic rings. The van der Waals surface area contributed by atoms with E-state index in [1.54, 1.807) is 0 Å². The van der Waals surface area contributed by atoms with Gasteiger partial charge >= 0.3 is 0 Å². The third kappa shape index (κ3) is 3.51. The van der Waals surface area contributed by atoms with Gasteiger partial charge in [-0.05, 0) is 31.7 Å². The first-order chi connectivity index (χ1) is 6.24. The van der Waals surface area contributed by atoms with Gasteiger partial charge in [0.15, 0.2) is 0 Å². The van der Waals surface area contributed by atoms with Crippen LogP contribution in [0.15, 0.2) is 12.3 Å². The van der Waals surface area contributed by atoms with E-state index in [0.29, 0.717) is 0 Å². The summed E-state index contributed by atoms with van der Waals surface area (Å²) in [5, 5.41) is 5.36. The van der Waals surface area contributed by atoms with E-state index in [-0.39, 0.29) is 0 Å². The quantitative estimate of drug-likeness (QED) is 0.729. The third-order valence-corrected chi connectivity index (χ3v) is 2.82. The maximum absolute atomic E-state index is 4.25. The predicted molar refractivity (Wildman–Crippen MR) is 59.2 cm³/mol. The average Bonchev–Trinajstić information content (AvgIpc) is 2.48. The van der Waals surface area contributed by atoms with Crippen LogP contribution in [0.5, 0.6) is 0 Å². The Bertz CT molecular complexity index is 245. The highest BCUT2D eigenvalue weighted by atomic mass is 79.9. The second-order valence-electron chi connectivity index (χ2n) is 3.57. The van der Waals surface area contributed by atoms with E-state index in [2.05, 4.69) is 45.6 Å². The first kappa shape index (κ1) is 10.8. The average molecular weight is 245 g/mol. The Hall–Kier alpha value is -0.310. The Morgan fingerprint density at radius 2 is 2.31 bits per heavy atom. The van der Waals surface area contributed by atoms with E-state index in [1.807, 2.05) is 6.20 Å². The van der Waals surface area contributed by atoms with Crippen LogP contribution in [-0.4, -0.2) is 15.1 Å². The normalized spacial score (nSPS) is 13.2. The summed E-state index contributed by atoms with van der Waals surface area (Å²) in [6.07, 6.45) is 4.33. The minimum atomic E-state index is 0.781. The van der Waals surface area contributed by atoms with Gasteiger partial charge in [-0.25, -0.2) is 0 Å². The molecule has 0 N–H and O–H groups in total. The first-order valence-corrected chi connectivity index (χ1v) is 5.90. The van der Waals surface area contributed by atoms with Gasteiger partial charge in [0.1, 0.15) is 0 Å². The molecular formula is C10H17BrN2. The van der Waals surface area contributed by atoms with Crippen molar-refractivity contribution in [3.63, 3.8) is 0 Å². The number of halogens is 1. The Morgan fingerprint density at radius 1 is 1.54 bits per heavy atom. The molecule has 0 aliphatic carbocycles. The highest BCUT2D eigenvalue weighted by Crippen LogP contribution is 2.10. The molecule has 1 aromatic heterocycles. The standard InChI is InChI=1S/C10H17BrN2/c1-9(3-6-11)5-8-13-10(2)4-7-12-13/h4,7,9H,3,5-6,8H2,1-2H3. The molecule has 0 fully saturated rings. The molecule has 1 atom stereocenters. The van der Waals surface area contributed by atoms with Crippen molar-refractivity contribution in [1.82, 2.24) is 9.78 Å². The number of aromatic nitrogens is 2. The molecule has 0 saturated heterocycles. The van der Waals surface area contributed by atoms with Gasteiger partial charge in [0.25, 0.3) is 0 Å². The van der Waals surface area contributed by atoms with Crippen LogP contribution in [-0.2, 0) is 6.54 Å². The Kier molecular flexibility index (Phi) is 4.50. The Balaban J connectivity index is 2.30. The van der Waals surface area contributed by atoms with E-state index in [1.165, 1.54) is 18.5 Å². The smallest absolute Gasteiger partial charge is 0.0492 e. The highest BCUT2D eigenvalue weighted by molar-refractivity contribution is 9.09. The van der Waals surface area contributed by atoms with Crippen LogP contribution in [0.2, 0.25) is 0 Å².